The largest absolute Gasteiger partial charge is 0.485 e. The van der Waals surface area contributed by atoms with E-state index in [9.17, 15) is 14.5 Å². The first-order chi connectivity index (χ1) is 7.52. The Hall–Kier alpha value is -1.69. The zero-order valence-electron chi connectivity index (χ0n) is 8.48. The molecule has 0 saturated heterocycles. The highest BCUT2D eigenvalue weighted by atomic mass is 19.1. The fourth-order valence-corrected chi connectivity index (χ4v) is 1.32. The molecule has 0 radical (unpaired) electrons. The number of nitrogens with two attached hydrogens (primary N) is 1. The summed E-state index contributed by atoms with van der Waals surface area (Å²) >= 11 is 0. The normalized spacial score (nSPS) is 16.9. The Labute approximate surface area is 91.2 Å². The molecular weight excluding hydrogens is 215 g/mol. The first kappa shape index (κ1) is 10.8. The molecule has 0 atom stereocenters. The van der Waals surface area contributed by atoms with Gasteiger partial charge in [-0.2, -0.15) is 4.39 Å². The number of hydrogen-bond acceptors (Lipinski definition) is 4. The lowest BCUT2D eigenvalue weighted by molar-refractivity contribution is -0.388. The lowest BCUT2D eigenvalue weighted by Gasteiger charge is -2.11. The Bertz CT molecular complexity index is 432. The molecule has 6 heteroatoms. The van der Waals surface area contributed by atoms with Gasteiger partial charge in [0.1, 0.15) is 6.61 Å². The molecule has 0 aliphatic heterocycles. The van der Waals surface area contributed by atoms with Crippen LogP contribution < -0.4 is 10.5 Å². The maximum absolute atomic E-state index is 13.2. The molecule has 5 nitrogen and oxygen atoms in total. The van der Waals surface area contributed by atoms with Crippen molar-refractivity contribution >= 4 is 5.69 Å². The highest BCUT2D eigenvalue weighted by Gasteiger charge is 2.39. The standard InChI is InChI=1S/C10H11FN2O3/c11-7-2-1-3-8(9(7)13(14)15)16-6-10(12)4-5-10/h1-3H,4-6,12H2. The minimum Gasteiger partial charge on any atom is -0.485 e. The molecule has 86 valence electrons. The summed E-state index contributed by atoms with van der Waals surface area (Å²) < 4.78 is 18.4. The van der Waals surface area contributed by atoms with Crippen molar-refractivity contribution in [1.29, 1.82) is 0 Å². The first-order valence-electron chi connectivity index (χ1n) is 4.86. The smallest absolute Gasteiger partial charge is 0.346 e. The molecule has 0 aromatic heterocycles. The Morgan fingerprint density at radius 3 is 2.81 bits per heavy atom. The number of hydrogen-bond donors (Lipinski definition) is 1. The summed E-state index contributed by atoms with van der Waals surface area (Å²) in [4.78, 5) is 9.85. The molecule has 1 saturated carbocycles. The SMILES string of the molecule is NC1(COc2cccc(F)c2[N+](=O)[O-])CC1. The van der Waals surface area contributed by atoms with Gasteiger partial charge >= 0.3 is 5.69 Å². The third-order valence-electron chi connectivity index (χ3n) is 2.54. The number of para-hydroxylation sites is 1. The van der Waals surface area contributed by atoms with Crippen LogP contribution in [0.15, 0.2) is 18.2 Å². The number of ether oxygens (including phenoxy) is 1. The molecule has 0 spiro atoms. The minimum absolute atomic E-state index is 0.0678. The summed E-state index contributed by atoms with van der Waals surface area (Å²) in [6.45, 7) is 0.178. The van der Waals surface area contributed by atoms with Crippen molar-refractivity contribution in [3.8, 4) is 5.75 Å². The molecule has 1 aliphatic rings. The lowest BCUT2D eigenvalue weighted by Crippen LogP contribution is -2.29. The molecule has 0 amide bonds. The highest BCUT2D eigenvalue weighted by molar-refractivity contribution is 5.47. The van der Waals surface area contributed by atoms with Gasteiger partial charge in [0.05, 0.1) is 10.5 Å². The first-order valence-corrected chi connectivity index (χ1v) is 4.86. The second-order valence-electron chi connectivity index (χ2n) is 3.99. The van der Waals surface area contributed by atoms with Gasteiger partial charge in [0.25, 0.3) is 0 Å². The summed E-state index contributed by atoms with van der Waals surface area (Å²) in [5, 5.41) is 10.6. The third-order valence-corrected chi connectivity index (χ3v) is 2.54. The topological polar surface area (TPSA) is 78.4 Å². The van der Waals surface area contributed by atoms with E-state index in [-0.39, 0.29) is 17.9 Å². The van der Waals surface area contributed by atoms with Gasteiger partial charge < -0.3 is 10.5 Å². The van der Waals surface area contributed by atoms with Crippen LogP contribution in [0, 0.1) is 15.9 Å². The van der Waals surface area contributed by atoms with Crippen LogP contribution in [0.3, 0.4) is 0 Å². The van der Waals surface area contributed by atoms with E-state index in [1.165, 1.54) is 12.1 Å². The zero-order valence-corrected chi connectivity index (χ0v) is 8.48. The molecule has 1 aromatic carbocycles. The molecular formula is C10H11FN2O3. The number of nitrogens with zero attached hydrogens (tertiary/aromatic N) is 1. The fraction of sp³-hybridized carbons (Fsp3) is 0.400. The third kappa shape index (κ3) is 2.11. The van der Waals surface area contributed by atoms with Crippen molar-refractivity contribution in [1.82, 2.24) is 0 Å². The van der Waals surface area contributed by atoms with Crippen LogP contribution in [0.2, 0.25) is 0 Å². The van der Waals surface area contributed by atoms with Crippen LogP contribution in [0.4, 0.5) is 10.1 Å². The highest BCUT2D eigenvalue weighted by Crippen LogP contribution is 2.35. The van der Waals surface area contributed by atoms with Crippen LogP contribution >= 0.6 is 0 Å². The summed E-state index contributed by atoms with van der Waals surface area (Å²) in [5.74, 6) is -0.967. The Morgan fingerprint density at radius 2 is 2.25 bits per heavy atom. The van der Waals surface area contributed by atoms with Crippen LogP contribution in [0.25, 0.3) is 0 Å². The maximum atomic E-state index is 13.2. The summed E-state index contributed by atoms with van der Waals surface area (Å²) in [5.41, 5.74) is 4.75. The predicted molar refractivity (Wildman–Crippen MR) is 54.7 cm³/mol. The number of halogens is 1. The van der Waals surface area contributed by atoms with Crippen molar-refractivity contribution < 1.29 is 14.1 Å². The second kappa shape index (κ2) is 3.71. The van der Waals surface area contributed by atoms with E-state index in [1.807, 2.05) is 0 Å². The number of nitro benzene ring substituents is 1. The maximum Gasteiger partial charge on any atom is 0.346 e. The monoisotopic (exact) mass is 226 g/mol. The molecule has 1 fully saturated rings. The second-order valence-corrected chi connectivity index (χ2v) is 3.99. The van der Waals surface area contributed by atoms with Gasteiger partial charge in [0, 0.05) is 0 Å². The van der Waals surface area contributed by atoms with Gasteiger partial charge in [-0.1, -0.05) is 6.07 Å². The average molecular weight is 226 g/mol. The van der Waals surface area contributed by atoms with Gasteiger partial charge in [0.2, 0.25) is 5.82 Å². The number of rotatable bonds is 4. The van der Waals surface area contributed by atoms with Gasteiger partial charge in [-0.3, -0.25) is 10.1 Å². The molecule has 2 N–H and O–H groups in total. The van der Waals surface area contributed by atoms with Crippen LogP contribution in [0.5, 0.6) is 5.75 Å². The Balaban J connectivity index is 2.19. The molecule has 1 aliphatic carbocycles. The van der Waals surface area contributed by atoms with Crippen LogP contribution in [0.1, 0.15) is 12.8 Å². The van der Waals surface area contributed by atoms with E-state index in [2.05, 4.69) is 0 Å². The Morgan fingerprint density at radius 1 is 1.56 bits per heavy atom. The quantitative estimate of drug-likeness (QED) is 0.624. The van der Waals surface area contributed by atoms with E-state index in [0.717, 1.165) is 18.9 Å². The van der Waals surface area contributed by atoms with Crippen molar-refractivity contribution in [3.05, 3.63) is 34.1 Å². The molecule has 0 heterocycles. The minimum atomic E-state index is -0.899. The number of benzene rings is 1. The average Bonchev–Trinajstić information content (AvgIpc) is 2.94. The van der Waals surface area contributed by atoms with Gasteiger partial charge in [-0.25, -0.2) is 0 Å². The van der Waals surface area contributed by atoms with E-state index in [4.69, 9.17) is 10.5 Å². The molecule has 0 bridgehead atoms. The van der Waals surface area contributed by atoms with Crippen molar-refractivity contribution in [2.24, 2.45) is 5.73 Å². The van der Waals surface area contributed by atoms with Crippen molar-refractivity contribution in [3.63, 3.8) is 0 Å². The van der Waals surface area contributed by atoms with Crippen LogP contribution in [-0.2, 0) is 0 Å². The zero-order chi connectivity index (χ0) is 11.8. The van der Waals surface area contributed by atoms with Gasteiger partial charge in [-0.15, -0.1) is 0 Å². The van der Waals surface area contributed by atoms with Crippen LogP contribution in [-0.4, -0.2) is 17.1 Å². The summed E-state index contributed by atoms with van der Waals surface area (Å²) in [7, 11) is 0. The van der Waals surface area contributed by atoms with Gasteiger partial charge in [-0.05, 0) is 25.0 Å². The summed E-state index contributed by atoms with van der Waals surface area (Å²) in [6, 6.07) is 3.76. The van der Waals surface area contributed by atoms with E-state index in [0.29, 0.717) is 0 Å². The Kier molecular flexibility index (Phi) is 2.51. The molecule has 16 heavy (non-hydrogen) atoms. The van der Waals surface area contributed by atoms with Gasteiger partial charge in [0.15, 0.2) is 5.75 Å². The number of nitro groups is 1. The van der Waals surface area contributed by atoms with E-state index >= 15 is 0 Å². The van der Waals surface area contributed by atoms with E-state index in [1.54, 1.807) is 0 Å². The molecule has 0 unspecified atom stereocenters. The molecule has 1 aromatic rings. The molecule has 2 rings (SSSR count). The predicted octanol–water partition coefficient (Wildman–Crippen LogP) is 1.60. The fourth-order valence-electron chi connectivity index (χ4n) is 1.32. The van der Waals surface area contributed by atoms with E-state index < -0.39 is 16.4 Å². The lowest BCUT2D eigenvalue weighted by atomic mass is 10.2. The van der Waals surface area contributed by atoms with Crippen molar-refractivity contribution in [2.75, 3.05) is 6.61 Å². The van der Waals surface area contributed by atoms with Crippen molar-refractivity contribution in [2.45, 2.75) is 18.4 Å². The summed E-state index contributed by atoms with van der Waals surface area (Å²) in [6.07, 6.45) is 1.66.